The van der Waals surface area contributed by atoms with Gasteiger partial charge in [-0.15, -0.1) is 0 Å². The van der Waals surface area contributed by atoms with Crippen LogP contribution in [0.3, 0.4) is 0 Å². The molecule has 3 aromatic carbocycles. The molecule has 0 saturated carbocycles. The number of Topliss-reactive ketones (excluding diaryl/α,β-unsaturated/α-hetero) is 1. The first kappa shape index (κ1) is 13.5. The molecule has 23 heavy (non-hydrogen) atoms. The molecule has 0 N–H and O–H groups in total. The average molecular weight is 298 g/mol. The van der Waals surface area contributed by atoms with E-state index in [1.54, 1.807) is 0 Å². The summed E-state index contributed by atoms with van der Waals surface area (Å²) in [7, 11) is 0. The van der Waals surface area contributed by atoms with E-state index >= 15 is 0 Å². The third kappa shape index (κ3) is 2.44. The summed E-state index contributed by atoms with van der Waals surface area (Å²) in [6.07, 6.45) is 1.91. The quantitative estimate of drug-likeness (QED) is 0.607. The highest BCUT2D eigenvalue weighted by Gasteiger charge is 2.21. The zero-order valence-electron chi connectivity index (χ0n) is 12.4. The van der Waals surface area contributed by atoms with Crippen molar-refractivity contribution < 1.29 is 9.53 Å². The molecule has 0 atom stereocenters. The number of ether oxygens (including phenoxy) is 1. The summed E-state index contributed by atoms with van der Waals surface area (Å²) >= 11 is 0. The number of hydrogen-bond acceptors (Lipinski definition) is 2. The predicted octanol–water partition coefficient (Wildman–Crippen LogP) is 5.22. The first-order valence-corrected chi connectivity index (χ1v) is 7.51. The lowest BCUT2D eigenvalue weighted by Crippen LogP contribution is -2.02. The van der Waals surface area contributed by atoms with E-state index in [0.29, 0.717) is 16.9 Å². The van der Waals surface area contributed by atoms with Gasteiger partial charge in [-0.05, 0) is 18.2 Å². The highest BCUT2D eigenvalue weighted by molar-refractivity contribution is 6.33. The van der Waals surface area contributed by atoms with Crippen LogP contribution in [0.15, 0.2) is 78.9 Å². The Kier molecular flexibility index (Phi) is 3.28. The molecule has 0 fully saturated rings. The van der Waals surface area contributed by atoms with Gasteiger partial charge in [-0.2, -0.15) is 0 Å². The van der Waals surface area contributed by atoms with Gasteiger partial charge >= 0.3 is 0 Å². The molecule has 2 heteroatoms. The van der Waals surface area contributed by atoms with Gasteiger partial charge in [0, 0.05) is 22.3 Å². The molecule has 1 aliphatic heterocycles. The molecule has 0 spiro atoms. The van der Waals surface area contributed by atoms with Crippen molar-refractivity contribution in [3.63, 3.8) is 0 Å². The second-order valence-corrected chi connectivity index (χ2v) is 5.39. The predicted molar refractivity (Wildman–Crippen MR) is 91.6 cm³/mol. The maximum Gasteiger partial charge on any atom is 0.193 e. The number of carbonyl (C=O) groups excluding carboxylic acids is 1. The summed E-state index contributed by atoms with van der Waals surface area (Å²) in [6.45, 7) is 0. The lowest BCUT2D eigenvalue weighted by molar-refractivity contribution is 0.105. The largest absolute Gasteiger partial charge is 0.456 e. The number of benzene rings is 3. The van der Waals surface area contributed by atoms with Crippen molar-refractivity contribution in [1.82, 2.24) is 0 Å². The number of carbonyl (C=O) groups is 1. The van der Waals surface area contributed by atoms with E-state index < -0.39 is 0 Å². The van der Waals surface area contributed by atoms with Gasteiger partial charge < -0.3 is 4.74 Å². The Bertz CT molecular complexity index is 908. The lowest BCUT2D eigenvalue weighted by atomic mass is 9.94. The van der Waals surface area contributed by atoms with E-state index in [0.717, 1.165) is 16.9 Å². The molecule has 0 unspecified atom stereocenters. The van der Waals surface area contributed by atoms with Gasteiger partial charge in [0.05, 0.1) is 0 Å². The standard InChI is InChI=1S/C21H14O2/c22-21(15-8-2-1-3-9-15)18-14-16-10-4-6-12-19(16)23-20-13-7-5-11-17(18)20/h1-14H. The zero-order chi connectivity index (χ0) is 15.6. The third-order valence-electron chi connectivity index (χ3n) is 3.90. The Balaban J connectivity index is 1.93. The van der Waals surface area contributed by atoms with Gasteiger partial charge in [-0.25, -0.2) is 0 Å². The average Bonchev–Trinajstić information content (AvgIpc) is 2.78. The van der Waals surface area contributed by atoms with E-state index in [-0.39, 0.29) is 5.78 Å². The summed E-state index contributed by atoms with van der Waals surface area (Å²) < 4.78 is 6.01. The van der Waals surface area contributed by atoms with Crippen LogP contribution in [-0.4, -0.2) is 5.78 Å². The SMILES string of the molecule is O=C(C1=Cc2ccccc2Oc2ccccc21)c1ccccc1. The molecule has 1 heterocycles. The van der Waals surface area contributed by atoms with Crippen molar-refractivity contribution in [2.75, 3.05) is 0 Å². The van der Waals surface area contributed by atoms with E-state index in [2.05, 4.69) is 0 Å². The fraction of sp³-hybridized carbons (Fsp3) is 0. The zero-order valence-corrected chi connectivity index (χ0v) is 12.4. The van der Waals surface area contributed by atoms with Crippen LogP contribution in [0.5, 0.6) is 11.5 Å². The van der Waals surface area contributed by atoms with Crippen LogP contribution in [0.4, 0.5) is 0 Å². The summed E-state index contributed by atoms with van der Waals surface area (Å²) in [5.41, 5.74) is 3.05. The molecular formula is C21H14O2. The number of ketones is 1. The second-order valence-electron chi connectivity index (χ2n) is 5.39. The van der Waals surface area contributed by atoms with Gasteiger partial charge in [-0.3, -0.25) is 4.79 Å². The van der Waals surface area contributed by atoms with Crippen LogP contribution < -0.4 is 4.74 Å². The highest BCUT2D eigenvalue weighted by Crippen LogP contribution is 2.38. The van der Waals surface area contributed by atoms with Crippen LogP contribution in [0.2, 0.25) is 0 Å². The molecule has 3 aromatic rings. The first-order chi connectivity index (χ1) is 11.3. The van der Waals surface area contributed by atoms with Crippen LogP contribution in [0.25, 0.3) is 11.6 Å². The van der Waals surface area contributed by atoms with Crippen molar-refractivity contribution in [1.29, 1.82) is 0 Å². The molecule has 0 amide bonds. The molecule has 0 saturated heterocycles. The molecular weight excluding hydrogens is 284 g/mol. The number of rotatable bonds is 2. The second kappa shape index (κ2) is 5.58. The fourth-order valence-corrected chi connectivity index (χ4v) is 2.76. The topological polar surface area (TPSA) is 26.3 Å². The lowest BCUT2D eigenvalue weighted by Gasteiger charge is -2.10. The summed E-state index contributed by atoms with van der Waals surface area (Å²) in [5.74, 6) is 1.46. The molecule has 4 rings (SSSR count). The van der Waals surface area contributed by atoms with E-state index in [1.165, 1.54) is 0 Å². The minimum atomic E-state index is -0.00152. The summed E-state index contributed by atoms with van der Waals surface area (Å²) in [5, 5.41) is 0. The van der Waals surface area contributed by atoms with Crippen LogP contribution in [0.1, 0.15) is 21.5 Å². The van der Waals surface area contributed by atoms with Crippen LogP contribution in [0, 0.1) is 0 Å². The van der Waals surface area contributed by atoms with Gasteiger partial charge in [0.2, 0.25) is 0 Å². The minimum Gasteiger partial charge on any atom is -0.456 e. The maximum atomic E-state index is 13.0. The monoisotopic (exact) mass is 298 g/mol. The van der Waals surface area contributed by atoms with Crippen LogP contribution in [-0.2, 0) is 0 Å². The molecule has 0 bridgehead atoms. The van der Waals surface area contributed by atoms with Gasteiger partial charge in [-0.1, -0.05) is 66.7 Å². The van der Waals surface area contributed by atoms with Gasteiger partial charge in [0.15, 0.2) is 5.78 Å². The Morgan fingerprint density at radius 3 is 2.17 bits per heavy atom. The van der Waals surface area contributed by atoms with E-state index in [1.807, 2.05) is 84.9 Å². The molecule has 0 radical (unpaired) electrons. The van der Waals surface area contributed by atoms with E-state index in [4.69, 9.17) is 4.74 Å². The van der Waals surface area contributed by atoms with Crippen molar-refractivity contribution in [3.8, 4) is 11.5 Å². The smallest absolute Gasteiger partial charge is 0.193 e. The fourth-order valence-electron chi connectivity index (χ4n) is 2.76. The number of hydrogen-bond donors (Lipinski definition) is 0. The summed E-state index contributed by atoms with van der Waals surface area (Å²) in [6, 6.07) is 24.7. The Labute approximate surface area is 134 Å². The molecule has 110 valence electrons. The number of para-hydroxylation sites is 2. The van der Waals surface area contributed by atoms with Crippen molar-refractivity contribution in [3.05, 3.63) is 95.6 Å². The third-order valence-corrected chi connectivity index (χ3v) is 3.90. The van der Waals surface area contributed by atoms with Crippen molar-refractivity contribution in [2.45, 2.75) is 0 Å². The molecule has 0 aliphatic carbocycles. The highest BCUT2D eigenvalue weighted by atomic mass is 16.5. The molecule has 0 aromatic heterocycles. The maximum absolute atomic E-state index is 13.0. The Morgan fingerprint density at radius 2 is 1.35 bits per heavy atom. The number of allylic oxidation sites excluding steroid dienone is 1. The first-order valence-electron chi connectivity index (χ1n) is 7.51. The van der Waals surface area contributed by atoms with Gasteiger partial charge in [0.25, 0.3) is 0 Å². The van der Waals surface area contributed by atoms with E-state index in [9.17, 15) is 4.79 Å². The normalized spacial score (nSPS) is 12.3. The Hall–Kier alpha value is -3.13. The summed E-state index contributed by atoms with van der Waals surface area (Å²) in [4.78, 5) is 13.0. The molecule has 1 aliphatic rings. The Morgan fingerprint density at radius 1 is 0.696 bits per heavy atom. The number of fused-ring (bicyclic) bond motifs is 2. The minimum absolute atomic E-state index is 0.00152. The molecule has 2 nitrogen and oxygen atoms in total. The van der Waals surface area contributed by atoms with Gasteiger partial charge in [0.1, 0.15) is 11.5 Å². The van der Waals surface area contributed by atoms with Crippen molar-refractivity contribution in [2.24, 2.45) is 0 Å². The van der Waals surface area contributed by atoms with Crippen molar-refractivity contribution >= 4 is 17.4 Å². The van der Waals surface area contributed by atoms with Crippen LogP contribution >= 0.6 is 0 Å².